The number of aliphatic hydroxyl groups excluding tert-OH is 1. The molecular weight excluding hydrogens is 436 g/mol. The molecule has 0 radical (unpaired) electrons. The highest BCUT2D eigenvalue weighted by Gasteiger charge is 2.34. The average molecular weight is 463 g/mol. The van der Waals surface area contributed by atoms with Gasteiger partial charge in [0.1, 0.15) is 23.4 Å². The Hall–Kier alpha value is -2.80. The van der Waals surface area contributed by atoms with E-state index in [4.69, 9.17) is 9.88 Å². The van der Waals surface area contributed by atoms with Crippen molar-refractivity contribution in [1.82, 2.24) is 19.9 Å². The number of aromatic amines is 1. The molecule has 5 rings (SSSR count). The normalized spacial score (nSPS) is 22.4. The molecule has 1 aliphatic heterocycles. The van der Waals surface area contributed by atoms with Gasteiger partial charge in [-0.25, -0.2) is 20.1 Å². The minimum absolute atomic E-state index is 0. The van der Waals surface area contributed by atoms with Gasteiger partial charge in [-0.2, -0.15) is 8.42 Å². The molecule has 1 fully saturated rings. The van der Waals surface area contributed by atoms with Crippen LogP contribution in [-0.2, 0) is 20.9 Å². The average Bonchev–Trinajstić information content (AvgIpc) is 3.43. The molecule has 1 aromatic carbocycles. The second-order valence-corrected chi connectivity index (χ2v) is 9.04. The number of ether oxygens (including phenoxy) is 1. The van der Waals surface area contributed by atoms with Gasteiger partial charge in [0.2, 0.25) is 0 Å². The maximum atomic E-state index is 11.0. The highest BCUT2D eigenvalue weighted by Crippen LogP contribution is 2.37. The number of rotatable bonds is 6. The molecule has 1 aliphatic carbocycles. The van der Waals surface area contributed by atoms with E-state index in [-0.39, 0.29) is 26.0 Å². The molecule has 11 nitrogen and oxygen atoms in total. The summed E-state index contributed by atoms with van der Waals surface area (Å²) in [4.78, 5) is 16.5. The van der Waals surface area contributed by atoms with E-state index < -0.39 is 16.4 Å². The molecule has 0 amide bonds. The van der Waals surface area contributed by atoms with Crippen LogP contribution >= 0.6 is 0 Å². The molecule has 2 aliphatic rings. The Balaban J connectivity index is 0.00000245. The van der Waals surface area contributed by atoms with Gasteiger partial charge in [0.05, 0.1) is 24.9 Å². The van der Waals surface area contributed by atoms with Gasteiger partial charge in [-0.1, -0.05) is 19.6 Å². The summed E-state index contributed by atoms with van der Waals surface area (Å²) in [5.41, 5.74) is 3.17. The lowest BCUT2D eigenvalue weighted by molar-refractivity contribution is 0.101. The zero-order valence-electron chi connectivity index (χ0n) is 16.5. The first-order valence-corrected chi connectivity index (χ1v) is 11.4. The number of H-pyrrole nitrogens is 1. The molecule has 12 heteroatoms. The largest absolute Gasteiger partial charge is 0.492 e. The fraction of sp³-hybridized carbons (Fsp3) is 0.450. The van der Waals surface area contributed by atoms with Crippen molar-refractivity contribution < 1.29 is 22.4 Å². The van der Waals surface area contributed by atoms with E-state index in [9.17, 15) is 13.5 Å². The lowest BCUT2D eigenvalue weighted by Gasteiger charge is -2.14. The van der Waals surface area contributed by atoms with Crippen LogP contribution in [0.5, 0.6) is 5.75 Å². The van der Waals surface area contributed by atoms with Crippen molar-refractivity contribution in [2.75, 3.05) is 18.5 Å². The quantitative estimate of drug-likeness (QED) is 0.423. The summed E-state index contributed by atoms with van der Waals surface area (Å²) in [7, 11) is -4.04. The summed E-state index contributed by atoms with van der Waals surface area (Å²) in [6.07, 6.45) is 2.51. The summed E-state index contributed by atoms with van der Waals surface area (Å²) < 4.78 is 32.5. The van der Waals surface area contributed by atoms with Crippen molar-refractivity contribution in [1.29, 1.82) is 0 Å². The Bertz CT molecular complexity index is 1230. The molecular formula is C20H26N6O5S. The van der Waals surface area contributed by atoms with Crippen molar-refractivity contribution in [3.63, 3.8) is 0 Å². The number of fused-ring (bicyclic) bond motifs is 2. The monoisotopic (exact) mass is 462 g/mol. The van der Waals surface area contributed by atoms with Gasteiger partial charge in [0.15, 0.2) is 11.5 Å². The Labute approximate surface area is 185 Å². The van der Waals surface area contributed by atoms with Crippen LogP contribution in [0.4, 0.5) is 5.82 Å². The molecule has 0 saturated heterocycles. The minimum atomic E-state index is -4.04. The number of imidazole rings is 1. The summed E-state index contributed by atoms with van der Waals surface area (Å²) in [5.74, 6) is 1.68. The number of hydrogen-bond acceptors (Lipinski definition) is 9. The van der Waals surface area contributed by atoms with Crippen LogP contribution in [0.1, 0.15) is 25.8 Å². The van der Waals surface area contributed by atoms with Crippen LogP contribution in [-0.4, -0.2) is 58.8 Å². The Morgan fingerprint density at radius 3 is 2.97 bits per heavy atom. The number of aliphatic hydroxyl groups is 1. The number of para-hydroxylation sites is 1. The van der Waals surface area contributed by atoms with Gasteiger partial charge in [-0.3, -0.25) is 4.18 Å². The standard InChI is InChI=1S/C19H22N6O5S.CH4/c20-31(27,28)30-8-11-6-12(7-14(11)26)23-18-15-19(22-9-21-18)25-17(24-15)13-3-1-2-10-4-5-29-16(10)13;/h1-3,9,11-12,14,26H,4-8H2,(H2,20,27,28)(H2,21,22,23,24,25);1H4/t11-,12+,14-;/m0./s1. The zero-order valence-corrected chi connectivity index (χ0v) is 17.3. The van der Waals surface area contributed by atoms with Gasteiger partial charge < -0.3 is 20.1 Å². The van der Waals surface area contributed by atoms with E-state index in [0.717, 1.165) is 23.3 Å². The second kappa shape index (κ2) is 8.62. The van der Waals surface area contributed by atoms with E-state index in [1.807, 2.05) is 18.2 Å². The van der Waals surface area contributed by atoms with Crippen molar-refractivity contribution in [2.24, 2.45) is 11.1 Å². The predicted octanol–water partition coefficient (Wildman–Crippen LogP) is 1.36. The maximum Gasteiger partial charge on any atom is 0.333 e. The first-order valence-electron chi connectivity index (χ1n) is 9.95. The third kappa shape index (κ3) is 4.39. The number of nitrogens with zero attached hydrogens (tertiary/aromatic N) is 3. The van der Waals surface area contributed by atoms with Crippen LogP contribution in [0, 0.1) is 5.92 Å². The summed E-state index contributed by atoms with van der Waals surface area (Å²) >= 11 is 0. The number of anilines is 1. The molecule has 2 aromatic heterocycles. The maximum absolute atomic E-state index is 11.0. The number of hydrogen-bond donors (Lipinski definition) is 4. The van der Waals surface area contributed by atoms with E-state index in [1.54, 1.807) is 0 Å². The number of nitrogens with two attached hydrogens (primary N) is 1. The molecule has 0 unspecified atom stereocenters. The van der Waals surface area contributed by atoms with E-state index in [0.29, 0.717) is 42.3 Å². The minimum Gasteiger partial charge on any atom is -0.492 e. The molecule has 32 heavy (non-hydrogen) atoms. The molecule has 5 N–H and O–H groups in total. The molecule has 172 valence electrons. The number of benzene rings is 1. The lowest BCUT2D eigenvalue weighted by Crippen LogP contribution is -2.24. The van der Waals surface area contributed by atoms with Gasteiger partial charge >= 0.3 is 10.3 Å². The van der Waals surface area contributed by atoms with Crippen LogP contribution in [0.25, 0.3) is 22.6 Å². The molecule has 1 saturated carbocycles. The van der Waals surface area contributed by atoms with Crippen molar-refractivity contribution in [2.45, 2.75) is 38.8 Å². The number of aromatic nitrogens is 4. The van der Waals surface area contributed by atoms with E-state index in [1.165, 1.54) is 6.33 Å². The molecule has 3 aromatic rings. The molecule has 3 heterocycles. The summed E-state index contributed by atoms with van der Waals surface area (Å²) in [6, 6.07) is 5.84. The third-order valence-electron chi connectivity index (χ3n) is 5.70. The molecule has 0 spiro atoms. The van der Waals surface area contributed by atoms with Gasteiger partial charge in [0.25, 0.3) is 0 Å². The van der Waals surface area contributed by atoms with Gasteiger partial charge in [-0.05, 0) is 24.5 Å². The first kappa shape index (κ1) is 22.4. The lowest BCUT2D eigenvalue weighted by atomic mass is 10.1. The number of nitrogens with one attached hydrogen (secondary N) is 2. The summed E-state index contributed by atoms with van der Waals surface area (Å²) in [5, 5.41) is 18.5. The Kier molecular flexibility index (Phi) is 6.03. The topological polar surface area (TPSA) is 165 Å². The Morgan fingerprint density at radius 1 is 1.31 bits per heavy atom. The van der Waals surface area contributed by atoms with E-state index >= 15 is 0 Å². The Morgan fingerprint density at radius 2 is 2.16 bits per heavy atom. The third-order valence-corrected chi connectivity index (χ3v) is 6.17. The molecule has 3 atom stereocenters. The fourth-order valence-electron chi connectivity index (χ4n) is 4.24. The molecule has 0 bridgehead atoms. The highest BCUT2D eigenvalue weighted by atomic mass is 32.2. The van der Waals surface area contributed by atoms with Crippen LogP contribution in [0.3, 0.4) is 0 Å². The van der Waals surface area contributed by atoms with Gasteiger partial charge in [0, 0.05) is 18.4 Å². The fourth-order valence-corrected chi connectivity index (χ4v) is 4.61. The first-order chi connectivity index (χ1) is 14.9. The zero-order chi connectivity index (χ0) is 21.6. The second-order valence-electron chi connectivity index (χ2n) is 7.82. The van der Waals surface area contributed by atoms with E-state index in [2.05, 4.69) is 29.4 Å². The van der Waals surface area contributed by atoms with Crippen molar-refractivity contribution in [3.05, 3.63) is 30.1 Å². The highest BCUT2D eigenvalue weighted by molar-refractivity contribution is 7.84. The van der Waals surface area contributed by atoms with Crippen LogP contribution < -0.4 is 15.2 Å². The van der Waals surface area contributed by atoms with Crippen molar-refractivity contribution >= 4 is 27.3 Å². The smallest absolute Gasteiger partial charge is 0.333 e. The predicted molar refractivity (Wildman–Crippen MR) is 118 cm³/mol. The van der Waals surface area contributed by atoms with Crippen LogP contribution in [0.2, 0.25) is 0 Å². The van der Waals surface area contributed by atoms with Crippen molar-refractivity contribution in [3.8, 4) is 17.1 Å². The van der Waals surface area contributed by atoms with Gasteiger partial charge in [-0.15, -0.1) is 0 Å². The van der Waals surface area contributed by atoms with Crippen LogP contribution in [0.15, 0.2) is 24.5 Å². The summed E-state index contributed by atoms with van der Waals surface area (Å²) in [6.45, 7) is 0.490. The SMILES string of the molecule is C.NS(=O)(=O)OC[C@@H]1C[C@@H](Nc2ncnc3nc(-c4cccc5c4OCC5)[nH]c23)C[C@@H]1O.